The van der Waals surface area contributed by atoms with E-state index < -0.39 is 15.8 Å². The zero-order chi connectivity index (χ0) is 11.5. The first-order valence-corrected chi connectivity index (χ1v) is 5.86. The van der Waals surface area contributed by atoms with Gasteiger partial charge in [-0.25, -0.2) is 17.5 Å². The molecule has 0 aliphatic rings. The molecule has 0 amide bonds. The van der Waals surface area contributed by atoms with Crippen molar-refractivity contribution in [3.05, 3.63) is 29.6 Å². The van der Waals surface area contributed by atoms with Gasteiger partial charge in [0.25, 0.3) is 0 Å². The Kier molecular flexibility index (Phi) is 3.78. The van der Waals surface area contributed by atoms with E-state index in [2.05, 4.69) is 10.0 Å². The Bertz CT molecular complexity index is 445. The Labute approximate surface area is 88.6 Å². The van der Waals surface area contributed by atoms with Gasteiger partial charge in [-0.2, -0.15) is 0 Å². The predicted octanol–water partition coefficient (Wildman–Crippen LogP) is 0.453. The van der Waals surface area contributed by atoms with E-state index in [4.69, 9.17) is 0 Å². The summed E-state index contributed by atoms with van der Waals surface area (Å²) < 4.78 is 38.1. The molecule has 15 heavy (non-hydrogen) atoms. The number of nitrogens with one attached hydrogen (secondary N) is 2. The van der Waals surface area contributed by atoms with Gasteiger partial charge in [-0.05, 0) is 31.8 Å². The van der Waals surface area contributed by atoms with Crippen molar-refractivity contribution in [1.29, 1.82) is 0 Å². The minimum absolute atomic E-state index is 0.329. The zero-order valence-corrected chi connectivity index (χ0v) is 9.36. The molecule has 6 heteroatoms. The van der Waals surface area contributed by atoms with E-state index in [0.29, 0.717) is 12.1 Å². The van der Waals surface area contributed by atoms with Gasteiger partial charge >= 0.3 is 0 Å². The van der Waals surface area contributed by atoms with Crippen LogP contribution in [0.1, 0.15) is 5.56 Å². The van der Waals surface area contributed by atoms with Gasteiger partial charge in [0.15, 0.2) is 0 Å². The predicted molar refractivity (Wildman–Crippen MR) is 55.4 cm³/mol. The second kappa shape index (κ2) is 4.69. The first kappa shape index (κ1) is 12.1. The lowest BCUT2D eigenvalue weighted by Gasteiger charge is -2.06. The highest BCUT2D eigenvalue weighted by Crippen LogP contribution is 2.15. The van der Waals surface area contributed by atoms with E-state index in [0.717, 1.165) is 0 Å². The van der Waals surface area contributed by atoms with Gasteiger partial charge in [0.2, 0.25) is 10.0 Å². The summed E-state index contributed by atoms with van der Waals surface area (Å²) in [5, 5.41) is 2.85. The standard InChI is InChI=1S/C9H13FN2O2S/c1-11-6-7-3-4-9(8(10)5-7)15(13,14)12-2/h3-5,11-12H,6H2,1-2H3. The van der Waals surface area contributed by atoms with E-state index in [9.17, 15) is 12.8 Å². The number of hydrogen-bond donors (Lipinski definition) is 2. The zero-order valence-electron chi connectivity index (χ0n) is 8.54. The summed E-state index contributed by atoms with van der Waals surface area (Å²) in [6, 6.07) is 4.04. The Morgan fingerprint density at radius 1 is 1.33 bits per heavy atom. The molecule has 0 fully saturated rings. The summed E-state index contributed by atoms with van der Waals surface area (Å²) in [4.78, 5) is -0.329. The molecule has 4 nitrogen and oxygen atoms in total. The lowest BCUT2D eigenvalue weighted by molar-refractivity contribution is 0.560. The summed E-state index contributed by atoms with van der Waals surface area (Å²) in [6.07, 6.45) is 0. The number of benzene rings is 1. The Morgan fingerprint density at radius 3 is 2.47 bits per heavy atom. The molecular weight excluding hydrogens is 219 g/mol. The van der Waals surface area contributed by atoms with Crippen molar-refractivity contribution in [3.8, 4) is 0 Å². The van der Waals surface area contributed by atoms with Crippen LogP contribution < -0.4 is 10.0 Å². The fraction of sp³-hybridized carbons (Fsp3) is 0.333. The third kappa shape index (κ3) is 2.74. The van der Waals surface area contributed by atoms with E-state index in [-0.39, 0.29) is 4.90 Å². The lowest BCUT2D eigenvalue weighted by atomic mass is 10.2. The molecule has 0 spiro atoms. The highest BCUT2D eigenvalue weighted by molar-refractivity contribution is 7.89. The highest BCUT2D eigenvalue weighted by atomic mass is 32.2. The van der Waals surface area contributed by atoms with Crippen LogP contribution in [0, 0.1) is 5.82 Å². The number of sulfonamides is 1. The van der Waals surface area contributed by atoms with Crippen LogP contribution in [0.2, 0.25) is 0 Å². The first-order chi connectivity index (χ1) is 7.01. The van der Waals surface area contributed by atoms with Gasteiger partial charge in [-0.1, -0.05) is 6.07 Å². The molecule has 0 aliphatic heterocycles. The lowest BCUT2D eigenvalue weighted by Crippen LogP contribution is -2.20. The second-order valence-electron chi connectivity index (χ2n) is 3.00. The molecule has 84 valence electrons. The SMILES string of the molecule is CNCc1ccc(S(=O)(=O)NC)c(F)c1. The average molecular weight is 232 g/mol. The van der Waals surface area contributed by atoms with E-state index in [1.165, 1.54) is 19.2 Å². The Morgan fingerprint density at radius 2 is 2.00 bits per heavy atom. The van der Waals surface area contributed by atoms with Crippen molar-refractivity contribution in [3.63, 3.8) is 0 Å². The van der Waals surface area contributed by atoms with Crippen molar-refractivity contribution in [2.75, 3.05) is 14.1 Å². The molecule has 0 atom stereocenters. The van der Waals surface area contributed by atoms with Crippen LogP contribution in [0.15, 0.2) is 23.1 Å². The third-order valence-electron chi connectivity index (χ3n) is 1.94. The fourth-order valence-electron chi connectivity index (χ4n) is 1.19. The van der Waals surface area contributed by atoms with Crippen molar-refractivity contribution in [2.24, 2.45) is 0 Å². The van der Waals surface area contributed by atoms with Gasteiger partial charge in [0.05, 0.1) is 0 Å². The summed E-state index contributed by atoms with van der Waals surface area (Å²) in [5.74, 6) is -0.739. The van der Waals surface area contributed by atoms with E-state index in [1.54, 1.807) is 13.1 Å². The van der Waals surface area contributed by atoms with Gasteiger partial charge in [-0.15, -0.1) is 0 Å². The summed E-state index contributed by atoms with van der Waals surface area (Å²) >= 11 is 0. The summed E-state index contributed by atoms with van der Waals surface area (Å²) in [7, 11) is -0.727. The second-order valence-corrected chi connectivity index (χ2v) is 4.86. The van der Waals surface area contributed by atoms with Crippen LogP contribution in [0.5, 0.6) is 0 Å². The van der Waals surface area contributed by atoms with Gasteiger partial charge in [-0.3, -0.25) is 0 Å². The minimum atomic E-state index is -3.71. The molecule has 1 aromatic carbocycles. The molecular formula is C9H13FN2O2S. The van der Waals surface area contributed by atoms with Crippen LogP contribution in [-0.4, -0.2) is 22.5 Å². The molecule has 2 N–H and O–H groups in total. The molecule has 0 unspecified atom stereocenters. The summed E-state index contributed by atoms with van der Waals surface area (Å²) in [5.41, 5.74) is 0.699. The Hall–Kier alpha value is -0.980. The average Bonchev–Trinajstić information content (AvgIpc) is 2.18. The van der Waals surface area contributed by atoms with Crippen LogP contribution >= 0.6 is 0 Å². The van der Waals surface area contributed by atoms with Crippen LogP contribution in [0.25, 0.3) is 0 Å². The fourth-order valence-corrected chi connectivity index (χ4v) is 1.97. The smallest absolute Gasteiger partial charge is 0.243 e. The van der Waals surface area contributed by atoms with Crippen LogP contribution in [0.3, 0.4) is 0 Å². The van der Waals surface area contributed by atoms with E-state index >= 15 is 0 Å². The maximum atomic E-state index is 13.4. The molecule has 0 heterocycles. The number of hydrogen-bond acceptors (Lipinski definition) is 3. The van der Waals surface area contributed by atoms with Gasteiger partial charge in [0, 0.05) is 6.54 Å². The van der Waals surface area contributed by atoms with Crippen LogP contribution in [0.4, 0.5) is 4.39 Å². The molecule has 0 aromatic heterocycles. The maximum absolute atomic E-state index is 13.4. The minimum Gasteiger partial charge on any atom is -0.316 e. The normalized spacial score (nSPS) is 11.7. The molecule has 0 radical (unpaired) electrons. The number of rotatable bonds is 4. The molecule has 0 saturated carbocycles. The Balaban J connectivity index is 3.14. The molecule has 0 saturated heterocycles. The topological polar surface area (TPSA) is 58.2 Å². The van der Waals surface area contributed by atoms with E-state index in [1.807, 2.05) is 0 Å². The molecule has 1 rings (SSSR count). The van der Waals surface area contributed by atoms with Crippen molar-refractivity contribution < 1.29 is 12.8 Å². The van der Waals surface area contributed by atoms with Crippen molar-refractivity contribution in [2.45, 2.75) is 11.4 Å². The quantitative estimate of drug-likeness (QED) is 0.792. The third-order valence-corrected chi connectivity index (χ3v) is 3.38. The molecule has 0 aliphatic carbocycles. The largest absolute Gasteiger partial charge is 0.316 e. The highest BCUT2D eigenvalue weighted by Gasteiger charge is 2.16. The van der Waals surface area contributed by atoms with Crippen LogP contribution in [-0.2, 0) is 16.6 Å². The van der Waals surface area contributed by atoms with Crippen molar-refractivity contribution >= 4 is 10.0 Å². The number of halogens is 1. The van der Waals surface area contributed by atoms with Crippen molar-refractivity contribution in [1.82, 2.24) is 10.0 Å². The monoisotopic (exact) mass is 232 g/mol. The molecule has 1 aromatic rings. The van der Waals surface area contributed by atoms with Gasteiger partial charge < -0.3 is 5.32 Å². The summed E-state index contributed by atoms with van der Waals surface area (Å²) in [6.45, 7) is 0.497. The van der Waals surface area contributed by atoms with Gasteiger partial charge in [0.1, 0.15) is 10.7 Å². The maximum Gasteiger partial charge on any atom is 0.243 e. The molecule has 0 bridgehead atoms. The first-order valence-electron chi connectivity index (χ1n) is 4.38.